The Kier molecular flexibility index (Phi) is 4.22. The Bertz CT molecular complexity index is 797. The molecule has 0 aromatic heterocycles. The summed E-state index contributed by atoms with van der Waals surface area (Å²) < 4.78 is 0. The maximum atomic E-state index is 12.8. The van der Waals surface area contributed by atoms with Gasteiger partial charge in [-0.2, -0.15) is 0 Å². The van der Waals surface area contributed by atoms with Gasteiger partial charge in [-0.15, -0.1) is 0 Å². The van der Waals surface area contributed by atoms with Crippen molar-refractivity contribution >= 4 is 35.1 Å². The number of benzene rings is 2. The fourth-order valence-corrected chi connectivity index (χ4v) is 3.49. The maximum Gasteiger partial charge on any atom is 0.171 e. The lowest BCUT2D eigenvalue weighted by Crippen LogP contribution is -2.23. The molecular weight excluding hydrogens is 331 g/mol. The van der Waals surface area contributed by atoms with Gasteiger partial charge in [-0.05, 0) is 30.0 Å². The van der Waals surface area contributed by atoms with Crippen LogP contribution in [0.15, 0.2) is 42.5 Å². The minimum Gasteiger partial charge on any atom is -0.506 e. The highest BCUT2D eigenvalue weighted by molar-refractivity contribution is 6.45. The minimum atomic E-state index is -0.561. The average molecular weight is 347 g/mol. The molecule has 0 fully saturated rings. The molecule has 2 aromatic rings. The molecule has 3 rings (SSSR count). The van der Waals surface area contributed by atoms with Crippen molar-refractivity contribution in [2.45, 2.75) is 19.8 Å². The van der Waals surface area contributed by atoms with Gasteiger partial charge in [0.05, 0.1) is 5.02 Å². The summed E-state index contributed by atoms with van der Waals surface area (Å²) in [4.78, 5) is 12.8. The van der Waals surface area contributed by atoms with Crippen molar-refractivity contribution in [1.29, 1.82) is 0 Å². The molecule has 2 nitrogen and oxygen atoms in total. The number of aromatic hydroxyl groups is 1. The molecule has 118 valence electrons. The fourth-order valence-electron chi connectivity index (χ4n) is 3.04. The maximum absolute atomic E-state index is 12.8. The SMILES string of the molecule is CC1(CC=Cc2ccccc2)Cc2cc(O)c(Cl)c(Cl)c2C1=O. The van der Waals surface area contributed by atoms with E-state index in [9.17, 15) is 9.90 Å². The van der Waals surface area contributed by atoms with Crippen molar-refractivity contribution in [1.82, 2.24) is 0 Å². The summed E-state index contributed by atoms with van der Waals surface area (Å²) in [6, 6.07) is 11.5. The van der Waals surface area contributed by atoms with Crippen LogP contribution in [-0.4, -0.2) is 10.9 Å². The molecule has 4 heteroatoms. The van der Waals surface area contributed by atoms with Crippen LogP contribution in [0.2, 0.25) is 10.0 Å². The second kappa shape index (κ2) is 6.03. The minimum absolute atomic E-state index is 0.0166. The zero-order valence-electron chi connectivity index (χ0n) is 12.6. The summed E-state index contributed by atoms with van der Waals surface area (Å²) in [6.07, 6.45) is 5.16. The molecule has 23 heavy (non-hydrogen) atoms. The molecule has 0 saturated heterocycles. The van der Waals surface area contributed by atoms with E-state index < -0.39 is 5.41 Å². The van der Waals surface area contributed by atoms with Crippen molar-refractivity contribution in [3.8, 4) is 5.75 Å². The molecule has 1 aliphatic rings. The van der Waals surface area contributed by atoms with Gasteiger partial charge in [0, 0.05) is 11.0 Å². The zero-order valence-corrected chi connectivity index (χ0v) is 14.2. The van der Waals surface area contributed by atoms with Gasteiger partial charge >= 0.3 is 0 Å². The number of phenols is 1. The highest BCUT2D eigenvalue weighted by Gasteiger charge is 2.42. The molecule has 1 N–H and O–H groups in total. The molecule has 0 aliphatic heterocycles. The lowest BCUT2D eigenvalue weighted by Gasteiger charge is -2.19. The molecule has 0 heterocycles. The Morgan fingerprint density at radius 1 is 1.22 bits per heavy atom. The van der Waals surface area contributed by atoms with Crippen LogP contribution < -0.4 is 0 Å². The van der Waals surface area contributed by atoms with Crippen LogP contribution in [0.1, 0.15) is 34.8 Å². The number of phenolic OH excluding ortho intramolecular Hbond substituents is 1. The van der Waals surface area contributed by atoms with Gasteiger partial charge < -0.3 is 5.11 Å². The van der Waals surface area contributed by atoms with Crippen molar-refractivity contribution < 1.29 is 9.90 Å². The van der Waals surface area contributed by atoms with E-state index >= 15 is 0 Å². The number of carbonyl (C=O) groups is 1. The fraction of sp³-hybridized carbons (Fsp3) is 0.211. The normalized spacial score (nSPS) is 20.2. The van der Waals surface area contributed by atoms with Crippen molar-refractivity contribution in [2.75, 3.05) is 0 Å². The van der Waals surface area contributed by atoms with Crippen LogP contribution in [0, 0.1) is 5.41 Å². The summed E-state index contributed by atoms with van der Waals surface area (Å²) in [6.45, 7) is 1.92. The Labute approximate surface area is 145 Å². The highest BCUT2D eigenvalue weighted by Crippen LogP contribution is 2.47. The predicted octanol–water partition coefficient (Wildman–Crippen LogP) is 5.55. The number of ketones is 1. The van der Waals surface area contributed by atoms with Gasteiger partial charge in [-0.1, -0.05) is 72.6 Å². The second-order valence-corrected chi connectivity index (χ2v) is 6.90. The van der Waals surface area contributed by atoms with Gasteiger partial charge in [-0.25, -0.2) is 0 Å². The lowest BCUT2D eigenvalue weighted by molar-refractivity contribution is 0.0845. The van der Waals surface area contributed by atoms with Crippen molar-refractivity contribution in [3.63, 3.8) is 0 Å². The highest BCUT2D eigenvalue weighted by atomic mass is 35.5. The number of halogens is 2. The van der Waals surface area contributed by atoms with Crippen LogP contribution in [-0.2, 0) is 6.42 Å². The molecule has 0 bridgehead atoms. The average Bonchev–Trinajstić information content (AvgIpc) is 2.77. The van der Waals surface area contributed by atoms with Crippen LogP contribution in [0.3, 0.4) is 0 Å². The summed E-state index contributed by atoms with van der Waals surface area (Å²) in [5.41, 5.74) is 1.74. The monoisotopic (exact) mass is 346 g/mol. The first-order chi connectivity index (χ1) is 10.9. The predicted molar refractivity (Wildman–Crippen MR) is 94.4 cm³/mol. The Hall–Kier alpha value is -1.77. The molecule has 1 atom stereocenters. The van der Waals surface area contributed by atoms with E-state index in [1.165, 1.54) is 0 Å². The van der Waals surface area contributed by atoms with E-state index in [1.807, 2.05) is 49.4 Å². The number of fused-ring (bicyclic) bond motifs is 1. The smallest absolute Gasteiger partial charge is 0.171 e. The van der Waals surface area contributed by atoms with E-state index in [1.54, 1.807) is 6.07 Å². The van der Waals surface area contributed by atoms with Gasteiger partial charge in [0.2, 0.25) is 0 Å². The second-order valence-electron chi connectivity index (χ2n) is 6.14. The molecular formula is C19H16Cl2O2. The number of carbonyl (C=O) groups excluding carboxylic acids is 1. The number of Topliss-reactive ketones (excluding diaryl/α,β-unsaturated/α-hetero) is 1. The van der Waals surface area contributed by atoms with Crippen LogP contribution in [0.25, 0.3) is 6.08 Å². The first-order valence-corrected chi connectivity index (χ1v) is 8.14. The van der Waals surface area contributed by atoms with Crippen LogP contribution in [0.4, 0.5) is 0 Å². The number of hydrogen-bond donors (Lipinski definition) is 1. The topological polar surface area (TPSA) is 37.3 Å². The molecule has 2 aromatic carbocycles. The van der Waals surface area contributed by atoms with E-state index in [2.05, 4.69) is 0 Å². The van der Waals surface area contributed by atoms with E-state index in [4.69, 9.17) is 23.2 Å². The third-order valence-electron chi connectivity index (χ3n) is 4.30. The lowest BCUT2D eigenvalue weighted by atomic mass is 9.82. The number of hydrogen-bond acceptors (Lipinski definition) is 2. The van der Waals surface area contributed by atoms with Crippen LogP contribution in [0.5, 0.6) is 5.75 Å². The summed E-state index contributed by atoms with van der Waals surface area (Å²) in [5, 5.41) is 10.0. The van der Waals surface area contributed by atoms with Gasteiger partial charge in [-0.3, -0.25) is 4.79 Å². The summed E-state index contributed by atoms with van der Waals surface area (Å²) in [5.74, 6) is -0.0931. The van der Waals surface area contributed by atoms with Gasteiger partial charge in [0.1, 0.15) is 10.8 Å². The summed E-state index contributed by atoms with van der Waals surface area (Å²) >= 11 is 12.1. The summed E-state index contributed by atoms with van der Waals surface area (Å²) in [7, 11) is 0. The van der Waals surface area contributed by atoms with Gasteiger partial charge in [0.25, 0.3) is 0 Å². The van der Waals surface area contributed by atoms with E-state index in [-0.39, 0.29) is 21.6 Å². The van der Waals surface area contributed by atoms with Crippen LogP contribution >= 0.6 is 23.2 Å². The standard InChI is InChI=1S/C19H16Cl2O2/c1-19(9-5-8-12-6-3-2-4-7-12)11-13-10-14(22)16(20)17(21)15(13)18(19)23/h2-8,10,22H,9,11H2,1H3. The Morgan fingerprint density at radius 3 is 2.61 bits per heavy atom. The molecule has 0 spiro atoms. The first-order valence-electron chi connectivity index (χ1n) is 7.38. The number of rotatable bonds is 3. The van der Waals surface area contributed by atoms with E-state index in [0.29, 0.717) is 18.4 Å². The molecule has 0 radical (unpaired) electrons. The first kappa shape index (κ1) is 16.1. The third-order valence-corrected chi connectivity index (χ3v) is 5.16. The van der Waals surface area contributed by atoms with E-state index in [0.717, 1.165) is 11.1 Å². The third kappa shape index (κ3) is 2.89. The molecule has 1 unspecified atom stereocenters. The Morgan fingerprint density at radius 2 is 1.91 bits per heavy atom. The van der Waals surface area contributed by atoms with Crippen molar-refractivity contribution in [3.05, 3.63) is 69.2 Å². The Balaban J connectivity index is 1.86. The molecule has 0 saturated carbocycles. The largest absolute Gasteiger partial charge is 0.506 e. The molecule has 0 amide bonds. The number of allylic oxidation sites excluding steroid dienone is 1. The van der Waals surface area contributed by atoms with Crippen molar-refractivity contribution in [2.24, 2.45) is 5.41 Å². The zero-order chi connectivity index (χ0) is 16.6. The van der Waals surface area contributed by atoms with Gasteiger partial charge in [0.15, 0.2) is 5.78 Å². The molecule has 1 aliphatic carbocycles. The quantitative estimate of drug-likeness (QED) is 0.791.